The van der Waals surface area contributed by atoms with Gasteiger partial charge in [0.15, 0.2) is 0 Å². The Morgan fingerprint density at radius 3 is 2.81 bits per heavy atom. The summed E-state index contributed by atoms with van der Waals surface area (Å²) < 4.78 is 0. The molecule has 1 saturated carbocycles. The van der Waals surface area contributed by atoms with Crippen LogP contribution in [0.4, 0.5) is 0 Å². The Morgan fingerprint density at radius 2 is 2.12 bits per heavy atom. The lowest BCUT2D eigenvalue weighted by atomic mass is 9.75. The average molecular weight is 217 g/mol. The number of hydrogen-bond acceptors (Lipinski definition) is 1. The van der Waals surface area contributed by atoms with E-state index in [1.54, 1.807) is 0 Å². The fourth-order valence-electron chi connectivity index (χ4n) is 2.46. The van der Waals surface area contributed by atoms with Gasteiger partial charge in [0.25, 0.3) is 0 Å². The molecule has 88 valence electrons. The number of unbranched alkanes of at least 4 members (excludes halogenated alkanes) is 1. The zero-order chi connectivity index (χ0) is 11.4. The molecule has 1 fully saturated rings. The Kier molecular flexibility index (Phi) is 4.00. The zero-order valence-corrected chi connectivity index (χ0v) is 10.5. The van der Waals surface area contributed by atoms with Gasteiger partial charge in [-0.15, -0.1) is 0 Å². The van der Waals surface area contributed by atoms with Crippen LogP contribution in [0.1, 0.15) is 49.7 Å². The van der Waals surface area contributed by atoms with E-state index in [9.17, 15) is 0 Å². The molecule has 1 nitrogen and oxygen atoms in total. The van der Waals surface area contributed by atoms with Gasteiger partial charge < -0.3 is 5.32 Å². The Morgan fingerprint density at radius 1 is 1.31 bits per heavy atom. The van der Waals surface area contributed by atoms with Crippen LogP contribution in [0, 0.1) is 6.92 Å². The van der Waals surface area contributed by atoms with E-state index in [-0.39, 0.29) is 0 Å². The van der Waals surface area contributed by atoms with Crippen LogP contribution in [0.25, 0.3) is 0 Å². The monoisotopic (exact) mass is 217 g/mol. The van der Waals surface area contributed by atoms with Crippen molar-refractivity contribution in [3.63, 3.8) is 0 Å². The lowest BCUT2D eigenvalue weighted by Gasteiger charge is -2.36. The van der Waals surface area contributed by atoms with Crippen molar-refractivity contribution in [1.82, 2.24) is 5.32 Å². The van der Waals surface area contributed by atoms with Crippen molar-refractivity contribution in [1.29, 1.82) is 0 Å². The lowest BCUT2D eigenvalue weighted by molar-refractivity contribution is 0.290. The molecule has 0 unspecified atom stereocenters. The number of aryl methyl sites for hydroxylation is 1. The summed E-state index contributed by atoms with van der Waals surface area (Å²) in [6.07, 6.45) is 5.26. The van der Waals surface area contributed by atoms with Gasteiger partial charge in [0.1, 0.15) is 0 Å². The molecule has 0 bridgehead atoms. The predicted molar refractivity (Wildman–Crippen MR) is 69.9 cm³/mol. The van der Waals surface area contributed by atoms with Crippen molar-refractivity contribution in [2.75, 3.05) is 6.54 Å². The first-order valence-corrected chi connectivity index (χ1v) is 6.59. The number of nitrogens with one attached hydrogen (secondary N) is 1. The van der Waals surface area contributed by atoms with Gasteiger partial charge >= 0.3 is 0 Å². The quantitative estimate of drug-likeness (QED) is 0.743. The third kappa shape index (κ3) is 2.85. The molecule has 0 radical (unpaired) electrons. The summed E-state index contributed by atoms with van der Waals surface area (Å²) in [5, 5.41) is 3.63. The second-order valence-corrected chi connectivity index (χ2v) is 5.09. The molecule has 1 aliphatic rings. The highest BCUT2D eigenvalue weighted by Gasteiger charge is 2.29. The highest BCUT2D eigenvalue weighted by Crippen LogP contribution is 2.36. The van der Waals surface area contributed by atoms with Gasteiger partial charge in [-0.2, -0.15) is 0 Å². The molecular weight excluding hydrogens is 194 g/mol. The first kappa shape index (κ1) is 11.7. The molecule has 1 aromatic carbocycles. The van der Waals surface area contributed by atoms with Crippen LogP contribution < -0.4 is 5.32 Å². The molecular formula is C15H23N. The zero-order valence-electron chi connectivity index (χ0n) is 10.5. The van der Waals surface area contributed by atoms with Gasteiger partial charge in [0, 0.05) is 6.04 Å². The summed E-state index contributed by atoms with van der Waals surface area (Å²) in [5.41, 5.74) is 2.92. The molecule has 16 heavy (non-hydrogen) atoms. The Bertz CT molecular complexity index is 326. The standard InChI is InChI=1S/C15H23N/c1-3-4-8-16-15-10-14(11-15)13-7-5-6-12(2)9-13/h5-7,9,14-16H,3-4,8,10-11H2,1-2H3. The van der Waals surface area contributed by atoms with Crippen LogP contribution in [-0.4, -0.2) is 12.6 Å². The first-order chi connectivity index (χ1) is 7.79. The fraction of sp³-hybridized carbons (Fsp3) is 0.600. The topological polar surface area (TPSA) is 12.0 Å². The second-order valence-electron chi connectivity index (χ2n) is 5.09. The van der Waals surface area contributed by atoms with Crippen LogP contribution >= 0.6 is 0 Å². The lowest BCUT2D eigenvalue weighted by Crippen LogP contribution is -2.40. The number of hydrogen-bond donors (Lipinski definition) is 1. The summed E-state index contributed by atoms with van der Waals surface area (Å²) in [5.74, 6) is 0.805. The second kappa shape index (κ2) is 5.49. The van der Waals surface area contributed by atoms with Crippen LogP contribution in [0.3, 0.4) is 0 Å². The normalized spacial score (nSPS) is 24.1. The average Bonchev–Trinajstić information content (AvgIpc) is 2.21. The molecule has 1 N–H and O–H groups in total. The van der Waals surface area contributed by atoms with Crippen molar-refractivity contribution in [3.8, 4) is 0 Å². The number of benzene rings is 1. The maximum Gasteiger partial charge on any atom is 0.00787 e. The van der Waals surface area contributed by atoms with Gasteiger partial charge in [-0.25, -0.2) is 0 Å². The van der Waals surface area contributed by atoms with Gasteiger partial charge in [-0.05, 0) is 44.2 Å². The van der Waals surface area contributed by atoms with E-state index in [0.29, 0.717) is 0 Å². The van der Waals surface area contributed by atoms with Crippen LogP contribution in [0.5, 0.6) is 0 Å². The highest BCUT2D eigenvalue weighted by molar-refractivity contribution is 5.27. The van der Waals surface area contributed by atoms with Gasteiger partial charge in [-0.3, -0.25) is 0 Å². The number of rotatable bonds is 5. The van der Waals surface area contributed by atoms with E-state index < -0.39 is 0 Å². The minimum Gasteiger partial charge on any atom is -0.314 e. The SMILES string of the molecule is CCCCNC1CC(c2cccc(C)c2)C1. The van der Waals surface area contributed by atoms with E-state index in [2.05, 4.69) is 43.4 Å². The van der Waals surface area contributed by atoms with Gasteiger partial charge in [0.2, 0.25) is 0 Å². The van der Waals surface area contributed by atoms with E-state index in [1.165, 1.54) is 43.4 Å². The van der Waals surface area contributed by atoms with Gasteiger partial charge in [-0.1, -0.05) is 43.2 Å². The van der Waals surface area contributed by atoms with Crippen LogP contribution in [0.15, 0.2) is 24.3 Å². The Hall–Kier alpha value is -0.820. The largest absolute Gasteiger partial charge is 0.314 e. The van der Waals surface area contributed by atoms with Crippen molar-refractivity contribution in [3.05, 3.63) is 35.4 Å². The minimum absolute atomic E-state index is 0.775. The molecule has 0 saturated heterocycles. The van der Waals surface area contributed by atoms with E-state index in [0.717, 1.165) is 12.0 Å². The van der Waals surface area contributed by atoms with Gasteiger partial charge in [0.05, 0.1) is 0 Å². The molecule has 0 aromatic heterocycles. The molecule has 1 heteroatoms. The van der Waals surface area contributed by atoms with Crippen LogP contribution in [-0.2, 0) is 0 Å². The summed E-state index contributed by atoms with van der Waals surface area (Å²) >= 11 is 0. The molecule has 1 aromatic rings. The third-order valence-corrected chi connectivity index (χ3v) is 3.61. The fourth-order valence-corrected chi connectivity index (χ4v) is 2.46. The Balaban J connectivity index is 1.75. The van der Waals surface area contributed by atoms with Crippen LogP contribution in [0.2, 0.25) is 0 Å². The molecule has 0 aliphatic heterocycles. The summed E-state index contributed by atoms with van der Waals surface area (Å²) in [6, 6.07) is 9.76. The highest BCUT2D eigenvalue weighted by atomic mass is 14.9. The molecule has 0 heterocycles. The van der Waals surface area contributed by atoms with Crippen molar-refractivity contribution in [2.45, 2.75) is 51.5 Å². The summed E-state index contributed by atoms with van der Waals surface area (Å²) in [6.45, 7) is 5.62. The van der Waals surface area contributed by atoms with E-state index in [1.807, 2.05) is 0 Å². The van der Waals surface area contributed by atoms with Crippen molar-refractivity contribution >= 4 is 0 Å². The summed E-state index contributed by atoms with van der Waals surface area (Å²) in [4.78, 5) is 0. The molecule has 0 spiro atoms. The molecule has 0 atom stereocenters. The molecule has 1 aliphatic carbocycles. The Labute approximate surface area is 99.3 Å². The minimum atomic E-state index is 0.775. The first-order valence-electron chi connectivity index (χ1n) is 6.59. The van der Waals surface area contributed by atoms with Crippen molar-refractivity contribution < 1.29 is 0 Å². The molecule has 0 amide bonds. The smallest absolute Gasteiger partial charge is 0.00787 e. The predicted octanol–water partition coefficient (Wildman–Crippen LogP) is 3.63. The van der Waals surface area contributed by atoms with E-state index in [4.69, 9.17) is 0 Å². The molecule has 2 rings (SSSR count). The maximum atomic E-state index is 3.63. The third-order valence-electron chi connectivity index (χ3n) is 3.61. The van der Waals surface area contributed by atoms with E-state index >= 15 is 0 Å². The maximum absolute atomic E-state index is 3.63. The van der Waals surface area contributed by atoms with Crippen molar-refractivity contribution in [2.24, 2.45) is 0 Å². The summed E-state index contributed by atoms with van der Waals surface area (Å²) in [7, 11) is 0.